The van der Waals surface area contributed by atoms with E-state index in [2.05, 4.69) is 5.32 Å². The summed E-state index contributed by atoms with van der Waals surface area (Å²) in [5.74, 6) is -2.10. The molecular weight excluding hydrogens is 354 g/mol. The van der Waals surface area contributed by atoms with E-state index in [1.165, 1.54) is 25.8 Å². The molecule has 2 rings (SSSR count). The molecule has 25 heavy (non-hydrogen) atoms. The van der Waals surface area contributed by atoms with Crippen LogP contribution in [0.3, 0.4) is 0 Å². The first-order chi connectivity index (χ1) is 11.4. The lowest BCUT2D eigenvalue weighted by atomic mass is 10.1. The van der Waals surface area contributed by atoms with Gasteiger partial charge in [0.2, 0.25) is 0 Å². The summed E-state index contributed by atoms with van der Waals surface area (Å²) in [4.78, 5) is 49.4. The maximum Gasteiger partial charge on any atom is 0.326 e. The van der Waals surface area contributed by atoms with E-state index in [1.54, 1.807) is 0 Å². The number of carbonyl (C=O) groups is 4. The van der Waals surface area contributed by atoms with Crippen LogP contribution in [0.4, 0.5) is 4.79 Å². The standard InChI is InChI=1S/C14H21N3O7S/c1-14(2)12(20)17(13(21)15-14)6-11(19)24-7-10(18)16(3)9-4-5-25(22,23)8-9/h9H,4-8H2,1-3H3,(H,15,21). The van der Waals surface area contributed by atoms with Crippen molar-refractivity contribution in [1.29, 1.82) is 0 Å². The van der Waals surface area contributed by atoms with Gasteiger partial charge in [0.05, 0.1) is 11.5 Å². The van der Waals surface area contributed by atoms with Crippen LogP contribution in [-0.2, 0) is 29.0 Å². The summed E-state index contributed by atoms with van der Waals surface area (Å²) in [5, 5.41) is 2.42. The van der Waals surface area contributed by atoms with E-state index in [9.17, 15) is 27.6 Å². The summed E-state index contributed by atoms with van der Waals surface area (Å²) >= 11 is 0. The number of ether oxygens (including phenoxy) is 1. The lowest BCUT2D eigenvalue weighted by Gasteiger charge is -2.23. The largest absolute Gasteiger partial charge is 0.454 e. The normalized spacial score (nSPS) is 24.1. The van der Waals surface area contributed by atoms with Gasteiger partial charge in [0, 0.05) is 13.1 Å². The van der Waals surface area contributed by atoms with Gasteiger partial charge in [-0.3, -0.25) is 19.3 Å². The number of sulfone groups is 1. The number of urea groups is 1. The van der Waals surface area contributed by atoms with Gasteiger partial charge in [-0.2, -0.15) is 0 Å². The second-order valence-corrected chi connectivity index (χ2v) is 8.90. The summed E-state index contributed by atoms with van der Waals surface area (Å²) in [6.45, 7) is 1.83. The predicted octanol–water partition coefficient (Wildman–Crippen LogP) is -1.49. The number of amides is 4. The zero-order chi connectivity index (χ0) is 19.0. The Morgan fingerprint density at radius 3 is 2.48 bits per heavy atom. The molecule has 2 fully saturated rings. The third kappa shape index (κ3) is 4.27. The number of carbonyl (C=O) groups excluding carboxylic acids is 4. The van der Waals surface area contributed by atoms with Gasteiger partial charge in [-0.15, -0.1) is 0 Å². The van der Waals surface area contributed by atoms with Crippen molar-refractivity contribution in [3.8, 4) is 0 Å². The molecule has 0 aromatic heterocycles. The van der Waals surface area contributed by atoms with Gasteiger partial charge in [-0.25, -0.2) is 13.2 Å². The van der Waals surface area contributed by atoms with Crippen LogP contribution < -0.4 is 5.32 Å². The van der Waals surface area contributed by atoms with E-state index >= 15 is 0 Å². The number of hydrogen-bond acceptors (Lipinski definition) is 7. The average Bonchev–Trinajstić information content (AvgIpc) is 2.95. The summed E-state index contributed by atoms with van der Waals surface area (Å²) in [5.41, 5.74) is -1.10. The minimum absolute atomic E-state index is 0.0248. The molecule has 2 saturated heterocycles. The topological polar surface area (TPSA) is 130 Å². The van der Waals surface area contributed by atoms with Crippen LogP contribution in [-0.4, -0.2) is 85.3 Å². The van der Waals surface area contributed by atoms with Crippen LogP contribution in [0.1, 0.15) is 20.3 Å². The number of likely N-dealkylation sites (N-methyl/N-ethyl adjacent to an activating group) is 1. The number of nitrogens with one attached hydrogen (secondary N) is 1. The second-order valence-electron chi connectivity index (χ2n) is 6.67. The van der Waals surface area contributed by atoms with Gasteiger partial charge in [-0.05, 0) is 20.3 Å². The van der Waals surface area contributed by atoms with Crippen LogP contribution in [0, 0.1) is 0 Å². The molecule has 1 atom stereocenters. The van der Waals surface area contributed by atoms with E-state index in [-0.39, 0.29) is 11.5 Å². The Bertz CT molecular complexity index is 716. The maximum atomic E-state index is 12.0. The van der Waals surface area contributed by atoms with Crippen molar-refractivity contribution >= 4 is 33.7 Å². The van der Waals surface area contributed by atoms with Gasteiger partial charge in [-0.1, -0.05) is 0 Å². The van der Waals surface area contributed by atoms with E-state index in [1.807, 2.05) is 0 Å². The summed E-state index contributed by atoms with van der Waals surface area (Å²) in [7, 11) is -1.69. The predicted molar refractivity (Wildman–Crippen MR) is 85.1 cm³/mol. The lowest BCUT2D eigenvalue weighted by molar-refractivity contribution is -0.153. The molecule has 0 aliphatic carbocycles. The average molecular weight is 375 g/mol. The number of imide groups is 1. The zero-order valence-electron chi connectivity index (χ0n) is 14.3. The highest BCUT2D eigenvalue weighted by atomic mass is 32.2. The summed E-state index contributed by atoms with van der Waals surface area (Å²) in [6.07, 6.45) is 0.343. The Morgan fingerprint density at radius 1 is 1.36 bits per heavy atom. The first kappa shape index (κ1) is 19.2. The Hall–Kier alpha value is -2.17. The highest BCUT2D eigenvalue weighted by molar-refractivity contribution is 7.91. The van der Waals surface area contributed by atoms with Crippen molar-refractivity contribution in [2.45, 2.75) is 31.8 Å². The SMILES string of the molecule is CN(C(=O)COC(=O)CN1C(=O)NC(C)(C)C1=O)C1CCS(=O)(=O)C1. The van der Waals surface area contributed by atoms with Gasteiger partial charge in [0.15, 0.2) is 16.4 Å². The molecule has 0 spiro atoms. The highest BCUT2D eigenvalue weighted by Gasteiger charge is 2.45. The molecule has 140 valence electrons. The molecule has 1 unspecified atom stereocenters. The zero-order valence-corrected chi connectivity index (χ0v) is 15.1. The number of rotatable bonds is 5. The Kier molecular flexibility index (Phi) is 5.07. The lowest BCUT2D eigenvalue weighted by Crippen LogP contribution is -2.42. The fraction of sp³-hybridized carbons (Fsp3) is 0.714. The van der Waals surface area contributed by atoms with Crippen LogP contribution in [0.2, 0.25) is 0 Å². The van der Waals surface area contributed by atoms with Crippen LogP contribution in [0.5, 0.6) is 0 Å². The molecule has 0 aromatic rings. The van der Waals surface area contributed by atoms with Crippen molar-refractivity contribution in [2.24, 2.45) is 0 Å². The van der Waals surface area contributed by atoms with Crippen LogP contribution in [0.25, 0.3) is 0 Å². The quantitative estimate of drug-likeness (QED) is 0.457. The molecule has 0 saturated carbocycles. The minimum Gasteiger partial charge on any atom is -0.454 e. The van der Waals surface area contributed by atoms with E-state index in [0.29, 0.717) is 6.42 Å². The summed E-state index contributed by atoms with van der Waals surface area (Å²) in [6, 6.07) is -1.14. The maximum absolute atomic E-state index is 12.0. The van der Waals surface area contributed by atoms with Gasteiger partial charge in [0.1, 0.15) is 12.1 Å². The number of esters is 1. The fourth-order valence-electron chi connectivity index (χ4n) is 2.66. The first-order valence-corrected chi connectivity index (χ1v) is 9.51. The number of nitrogens with zero attached hydrogens (tertiary/aromatic N) is 2. The smallest absolute Gasteiger partial charge is 0.326 e. The van der Waals surface area contributed by atoms with Crippen molar-refractivity contribution in [2.75, 3.05) is 31.7 Å². The minimum atomic E-state index is -3.13. The van der Waals surface area contributed by atoms with Crippen molar-refractivity contribution in [3.63, 3.8) is 0 Å². The number of hydrogen-bond donors (Lipinski definition) is 1. The third-order valence-corrected chi connectivity index (χ3v) is 5.99. The Labute approximate surface area is 145 Å². The molecule has 0 radical (unpaired) electrons. The highest BCUT2D eigenvalue weighted by Crippen LogP contribution is 2.17. The molecule has 0 aromatic carbocycles. The fourth-order valence-corrected chi connectivity index (χ4v) is 4.44. The molecule has 2 aliphatic heterocycles. The summed E-state index contributed by atoms with van der Waals surface area (Å²) < 4.78 is 27.7. The van der Waals surface area contributed by atoms with E-state index < -0.39 is 58.4 Å². The van der Waals surface area contributed by atoms with Crippen LogP contribution >= 0.6 is 0 Å². The molecule has 10 nitrogen and oxygen atoms in total. The van der Waals surface area contributed by atoms with Gasteiger partial charge < -0.3 is 15.0 Å². The van der Waals surface area contributed by atoms with E-state index in [4.69, 9.17) is 4.74 Å². The van der Waals surface area contributed by atoms with E-state index in [0.717, 1.165) is 4.90 Å². The molecule has 4 amide bonds. The van der Waals surface area contributed by atoms with Crippen molar-refractivity contribution in [1.82, 2.24) is 15.1 Å². The monoisotopic (exact) mass is 375 g/mol. The molecular formula is C14H21N3O7S. The van der Waals surface area contributed by atoms with Gasteiger partial charge in [0.25, 0.3) is 11.8 Å². The molecule has 11 heteroatoms. The van der Waals surface area contributed by atoms with Gasteiger partial charge >= 0.3 is 12.0 Å². The molecule has 1 N–H and O–H groups in total. The van der Waals surface area contributed by atoms with Crippen LogP contribution in [0.15, 0.2) is 0 Å². The first-order valence-electron chi connectivity index (χ1n) is 7.69. The van der Waals surface area contributed by atoms with Crippen molar-refractivity contribution in [3.05, 3.63) is 0 Å². The molecule has 0 bridgehead atoms. The Morgan fingerprint density at radius 2 is 2.00 bits per heavy atom. The Balaban J connectivity index is 1.83. The molecule has 2 heterocycles. The molecule has 2 aliphatic rings. The van der Waals surface area contributed by atoms with Crippen molar-refractivity contribution < 1.29 is 32.3 Å². The second kappa shape index (κ2) is 6.62. The third-order valence-electron chi connectivity index (χ3n) is 4.24.